The van der Waals surface area contributed by atoms with Crippen LogP contribution in [0.4, 0.5) is 17.6 Å². The largest absolute Gasteiger partial charge is 0.384 e. The molecule has 0 unspecified atom stereocenters. The zero-order valence-electron chi connectivity index (χ0n) is 21.3. The Kier molecular flexibility index (Phi) is 9.25. The summed E-state index contributed by atoms with van der Waals surface area (Å²) in [6.45, 7) is 4.52. The van der Waals surface area contributed by atoms with Crippen LogP contribution in [-0.4, -0.2) is 99.2 Å². The number of aliphatic hydroxyl groups excluding tert-OH is 1. The second-order valence-electron chi connectivity index (χ2n) is 9.25. The van der Waals surface area contributed by atoms with E-state index < -0.39 is 0 Å². The number of methoxy groups -OCH3 is 3. The fourth-order valence-corrected chi connectivity index (χ4v) is 4.88. The second kappa shape index (κ2) is 12.6. The normalized spacial score (nSPS) is 16.9. The quantitative estimate of drug-likeness (QED) is 0.469. The Labute approximate surface area is 207 Å². The number of hydrogen-bond acceptors (Lipinski definition) is 11. The minimum absolute atomic E-state index is 0.103. The van der Waals surface area contributed by atoms with E-state index >= 15 is 0 Å². The molecule has 2 saturated heterocycles. The molecule has 0 amide bonds. The zero-order valence-corrected chi connectivity index (χ0v) is 21.3. The maximum atomic E-state index is 10.0. The molecule has 1 N–H and O–H groups in total. The van der Waals surface area contributed by atoms with Gasteiger partial charge in [-0.1, -0.05) is 0 Å². The molecular weight excluding hydrogens is 450 g/mol. The first kappa shape index (κ1) is 25.7. The molecule has 0 bridgehead atoms. The van der Waals surface area contributed by atoms with Crippen molar-refractivity contribution in [2.75, 3.05) is 88.9 Å². The fourth-order valence-electron chi connectivity index (χ4n) is 4.88. The lowest BCUT2D eigenvalue weighted by Gasteiger charge is -2.32. The van der Waals surface area contributed by atoms with E-state index in [0.29, 0.717) is 30.5 Å². The molecule has 35 heavy (non-hydrogen) atoms. The summed E-state index contributed by atoms with van der Waals surface area (Å²) in [4.78, 5) is 26.1. The van der Waals surface area contributed by atoms with Crippen molar-refractivity contribution in [3.63, 3.8) is 0 Å². The van der Waals surface area contributed by atoms with Gasteiger partial charge in [0.05, 0.1) is 19.1 Å². The highest BCUT2D eigenvalue weighted by Crippen LogP contribution is 2.34. The zero-order chi connectivity index (χ0) is 24.6. The number of aliphatic hydroxyl groups is 1. The first-order chi connectivity index (χ1) is 17.2. The third-order valence-electron chi connectivity index (χ3n) is 6.66. The molecule has 4 rings (SSSR count). The van der Waals surface area contributed by atoms with E-state index in [4.69, 9.17) is 34.1 Å². The topological polar surface area (TPSA) is 109 Å². The summed E-state index contributed by atoms with van der Waals surface area (Å²) < 4.78 is 16.3. The second-order valence-corrected chi connectivity index (χ2v) is 9.25. The SMILES string of the molecule is COCC(COC)c1nc(N2CCCCC2)c2nc(N(CO)COC)nc(N3CCCCC3)c2n1. The number of fused-ring (bicyclic) bond motifs is 1. The number of ether oxygens (including phenoxy) is 3. The highest BCUT2D eigenvalue weighted by atomic mass is 16.5. The highest BCUT2D eigenvalue weighted by Gasteiger charge is 2.27. The van der Waals surface area contributed by atoms with Crippen LogP contribution < -0.4 is 14.7 Å². The van der Waals surface area contributed by atoms with Gasteiger partial charge in [0.15, 0.2) is 11.6 Å². The third-order valence-corrected chi connectivity index (χ3v) is 6.66. The summed E-state index contributed by atoms with van der Waals surface area (Å²) in [6, 6.07) is 0. The van der Waals surface area contributed by atoms with Gasteiger partial charge in [-0.05, 0) is 38.5 Å². The number of nitrogens with zero attached hydrogens (tertiary/aromatic N) is 7. The maximum Gasteiger partial charge on any atom is 0.231 e. The van der Waals surface area contributed by atoms with Crippen molar-refractivity contribution in [2.24, 2.45) is 0 Å². The number of rotatable bonds is 11. The number of hydrogen-bond donors (Lipinski definition) is 1. The van der Waals surface area contributed by atoms with Gasteiger partial charge in [0, 0.05) is 47.5 Å². The van der Waals surface area contributed by atoms with Crippen LogP contribution in [0.1, 0.15) is 50.3 Å². The number of aromatic nitrogens is 4. The number of anilines is 3. The Hall–Kier alpha value is -2.34. The average molecular weight is 490 g/mol. The number of piperidine rings is 2. The molecule has 4 heterocycles. The minimum Gasteiger partial charge on any atom is -0.384 e. The minimum atomic E-state index is -0.249. The Balaban J connectivity index is 1.94. The van der Waals surface area contributed by atoms with Gasteiger partial charge in [-0.25, -0.2) is 15.0 Å². The molecule has 0 radical (unpaired) electrons. The first-order valence-corrected chi connectivity index (χ1v) is 12.6. The van der Waals surface area contributed by atoms with Gasteiger partial charge in [-0.2, -0.15) is 4.98 Å². The summed E-state index contributed by atoms with van der Waals surface area (Å²) in [5.74, 6) is 2.61. The predicted molar refractivity (Wildman–Crippen MR) is 135 cm³/mol. The van der Waals surface area contributed by atoms with Crippen molar-refractivity contribution < 1.29 is 19.3 Å². The van der Waals surface area contributed by atoms with Gasteiger partial charge in [-0.15, -0.1) is 0 Å². The predicted octanol–water partition coefficient (Wildman–Crippen LogP) is 2.14. The van der Waals surface area contributed by atoms with Gasteiger partial charge in [0.25, 0.3) is 0 Å². The molecule has 2 aromatic heterocycles. The molecule has 0 saturated carbocycles. The third kappa shape index (κ3) is 5.91. The van der Waals surface area contributed by atoms with Crippen molar-refractivity contribution in [2.45, 2.75) is 44.4 Å². The molecule has 2 aromatic rings. The van der Waals surface area contributed by atoms with Crippen LogP contribution in [0.5, 0.6) is 0 Å². The molecule has 0 aromatic carbocycles. The average Bonchev–Trinajstić information content (AvgIpc) is 2.91. The lowest BCUT2D eigenvalue weighted by molar-refractivity contribution is 0.114. The smallest absolute Gasteiger partial charge is 0.231 e. The van der Waals surface area contributed by atoms with Crippen LogP contribution in [0.25, 0.3) is 11.0 Å². The van der Waals surface area contributed by atoms with Crippen molar-refractivity contribution in [1.29, 1.82) is 0 Å². The van der Waals surface area contributed by atoms with Crippen LogP contribution in [0.2, 0.25) is 0 Å². The standard InChI is InChI=1S/C24H39N7O4/c1-33-14-18(15-34-2)21-25-19-20(22(27-21)29-10-6-4-7-11-29)26-24(31(16-32)17-35-3)28-23(19)30-12-8-5-9-13-30/h18,32H,4-17H2,1-3H3. The van der Waals surface area contributed by atoms with E-state index in [-0.39, 0.29) is 19.4 Å². The van der Waals surface area contributed by atoms with E-state index in [1.165, 1.54) is 12.8 Å². The molecule has 0 spiro atoms. The summed E-state index contributed by atoms with van der Waals surface area (Å²) in [7, 11) is 4.96. The van der Waals surface area contributed by atoms with E-state index in [9.17, 15) is 5.11 Å². The molecule has 0 aliphatic carbocycles. The van der Waals surface area contributed by atoms with Crippen LogP contribution >= 0.6 is 0 Å². The Morgan fingerprint density at radius 3 is 1.80 bits per heavy atom. The van der Waals surface area contributed by atoms with E-state index in [2.05, 4.69) is 9.80 Å². The molecule has 0 atom stereocenters. The Bertz CT molecular complexity index is 945. The summed E-state index contributed by atoms with van der Waals surface area (Å²) in [6.07, 6.45) is 6.87. The molecule has 11 nitrogen and oxygen atoms in total. The van der Waals surface area contributed by atoms with Crippen LogP contribution in [0.3, 0.4) is 0 Å². The molecule has 2 aliphatic heterocycles. The van der Waals surface area contributed by atoms with Crippen LogP contribution in [0, 0.1) is 0 Å². The van der Waals surface area contributed by atoms with Gasteiger partial charge in [-0.3, -0.25) is 4.90 Å². The van der Waals surface area contributed by atoms with Gasteiger partial charge >= 0.3 is 0 Å². The maximum absolute atomic E-state index is 10.0. The highest BCUT2D eigenvalue weighted by molar-refractivity contribution is 5.94. The summed E-state index contributed by atoms with van der Waals surface area (Å²) in [5, 5.41) is 10.0. The first-order valence-electron chi connectivity index (χ1n) is 12.6. The Morgan fingerprint density at radius 1 is 0.743 bits per heavy atom. The van der Waals surface area contributed by atoms with Crippen LogP contribution in [-0.2, 0) is 14.2 Å². The van der Waals surface area contributed by atoms with Crippen molar-refractivity contribution in [3.05, 3.63) is 5.82 Å². The van der Waals surface area contributed by atoms with E-state index in [1.54, 1.807) is 26.2 Å². The fraction of sp³-hybridized carbons (Fsp3) is 0.750. The Morgan fingerprint density at radius 2 is 1.29 bits per heavy atom. The van der Waals surface area contributed by atoms with Gasteiger partial charge < -0.3 is 29.1 Å². The van der Waals surface area contributed by atoms with E-state index in [0.717, 1.165) is 69.0 Å². The molecule has 2 fully saturated rings. The monoisotopic (exact) mass is 489 g/mol. The van der Waals surface area contributed by atoms with E-state index in [1.807, 2.05) is 0 Å². The van der Waals surface area contributed by atoms with Crippen LogP contribution in [0.15, 0.2) is 0 Å². The lowest BCUT2D eigenvalue weighted by atomic mass is 10.1. The van der Waals surface area contributed by atoms with Crippen molar-refractivity contribution in [1.82, 2.24) is 19.9 Å². The lowest BCUT2D eigenvalue weighted by Crippen LogP contribution is -2.34. The van der Waals surface area contributed by atoms with Gasteiger partial charge in [0.1, 0.15) is 30.3 Å². The molecule has 2 aliphatic rings. The molecule has 11 heteroatoms. The molecule has 194 valence electrons. The van der Waals surface area contributed by atoms with Gasteiger partial charge in [0.2, 0.25) is 5.95 Å². The molecular formula is C24H39N7O4. The van der Waals surface area contributed by atoms with Crippen molar-refractivity contribution in [3.8, 4) is 0 Å². The van der Waals surface area contributed by atoms with Crippen molar-refractivity contribution >= 4 is 28.6 Å². The summed E-state index contributed by atoms with van der Waals surface area (Å²) in [5.41, 5.74) is 1.46. The summed E-state index contributed by atoms with van der Waals surface area (Å²) >= 11 is 0.